The van der Waals surface area contributed by atoms with Crippen LogP contribution in [0.25, 0.3) is 0 Å². The van der Waals surface area contributed by atoms with E-state index in [1.807, 2.05) is 6.08 Å². The van der Waals surface area contributed by atoms with Gasteiger partial charge in [-0.3, -0.25) is 4.99 Å². The smallest absolute Gasteiger partial charge is 0.191 e. The number of rotatable bonds is 6. The van der Waals surface area contributed by atoms with Crippen molar-refractivity contribution in [2.45, 2.75) is 44.9 Å². The SMILES string of the molecule is C=CCNC(=NC)NCCCC1CCCCC1. The van der Waals surface area contributed by atoms with Crippen molar-refractivity contribution in [3.8, 4) is 0 Å². The first-order valence-corrected chi connectivity index (χ1v) is 6.92. The van der Waals surface area contributed by atoms with Gasteiger partial charge in [-0.05, 0) is 18.8 Å². The summed E-state index contributed by atoms with van der Waals surface area (Å²) in [6.07, 6.45) is 11.7. The Hall–Kier alpha value is -0.990. The minimum absolute atomic E-state index is 0.766. The fraction of sp³-hybridized carbons (Fsp3) is 0.786. The first-order chi connectivity index (χ1) is 8.36. The van der Waals surface area contributed by atoms with Gasteiger partial charge < -0.3 is 10.6 Å². The van der Waals surface area contributed by atoms with Crippen LogP contribution in [0.4, 0.5) is 0 Å². The Labute approximate surface area is 106 Å². The van der Waals surface area contributed by atoms with Crippen molar-refractivity contribution < 1.29 is 0 Å². The molecule has 1 aliphatic carbocycles. The molecule has 1 aliphatic rings. The molecule has 1 rings (SSSR count). The lowest BCUT2D eigenvalue weighted by molar-refractivity contribution is 0.332. The van der Waals surface area contributed by atoms with Crippen LogP contribution in [-0.2, 0) is 0 Å². The van der Waals surface area contributed by atoms with Crippen LogP contribution in [0.1, 0.15) is 44.9 Å². The predicted octanol–water partition coefficient (Wildman–Crippen LogP) is 2.70. The molecule has 0 aliphatic heterocycles. The number of nitrogens with zero attached hydrogens (tertiary/aromatic N) is 1. The van der Waals surface area contributed by atoms with Gasteiger partial charge in [0.25, 0.3) is 0 Å². The van der Waals surface area contributed by atoms with Crippen LogP contribution in [0.15, 0.2) is 17.6 Å². The molecule has 0 spiro atoms. The van der Waals surface area contributed by atoms with E-state index in [2.05, 4.69) is 22.2 Å². The molecule has 0 atom stereocenters. The minimum atomic E-state index is 0.766. The molecule has 3 nitrogen and oxygen atoms in total. The van der Waals surface area contributed by atoms with E-state index in [9.17, 15) is 0 Å². The summed E-state index contributed by atoms with van der Waals surface area (Å²) in [5.74, 6) is 1.86. The topological polar surface area (TPSA) is 36.4 Å². The standard InChI is InChI=1S/C14H27N3/c1-3-11-16-14(15-2)17-12-7-10-13-8-5-4-6-9-13/h3,13H,1,4-12H2,2H3,(H2,15,16,17). The van der Waals surface area contributed by atoms with Crippen LogP contribution < -0.4 is 10.6 Å². The van der Waals surface area contributed by atoms with Crippen molar-refractivity contribution in [2.75, 3.05) is 20.1 Å². The molecule has 0 unspecified atom stereocenters. The molecule has 0 heterocycles. The summed E-state index contributed by atoms with van der Waals surface area (Å²) >= 11 is 0. The summed E-state index contributed by atoms with van der Waals surface area (Å²) in [5.41, 5.74) is 0. The molecule has 1 fully saturated rings. The van der Waals surface area contributed by atoms with Crippen molar-refractivity contribution in [1.82, 2.24) is 10.6 Å². The van der Waals surface area contributed by atoms with E-state index < -0.39 is 0 Å². The first-order valence-electron chi connectivity index (χ1n) is 6.92. The normalized spacial score (nSPS) is 17.8. The molecule has 0 aromatic carbocycles. The molecule has 17 heavy (non-hydrogen) atoms. The van der Waals surface area contributed by atoms with E-state index in [0.717, 1.165) is 25.0 Å². The molecule has 98 valence electrons. The summed E-state index contributed by atoms with van der Waals surface area (Å²) in [5, 5.41) is 6.51. The molecule has 0 saturated heterocycles. The predicted molar refractivity (Wildman–Crippen MR) is 75.4 cm³/mol. The third kappa shape index (κ3) is 6.35. The van der Waals surface area contributed by atoms with E-state index in [1.54, 1.807) is 7.05 Å². The Morgan fingerprint density at radius 2 is 2.06 bits per heavy atom. The second-order valence-corrected chi connectivity index (χ2v) is 4.81. The second kappa shape index (κ2) is 9.08. The lowest BCUT2D eigenvalue weighted by Crippen LogP contribution is -2.37. The molecule has 1 saturated carbocycles. The van der Waals surface area contributed by atoms with Gasteiger partial charge in [-0.25, -0.2) is 0 Å². The van der Waals surface area contributed by atoms with Gasteiger partial charge in [0.1, 0.15) is 0 Å². The molecule has 0 radical (unpaired) electrons. The Bertz CT molecular complexity index is 230. The van der Waals surface area contributed by atoms with Crippen LogP contribution in [0.3, 0.4) is 0 Å². The molecule has 0 amide bonds. The van der Waals surface area contributed by atoms with Gasteiger partial charge in [0, 0.05) is 20.1 Å². The molecular formula is C14H27N3. The summed E-state index contributed by atoms with van der Waals surface area (Å²) in [6, 6.07) is 0. The molecule has 3 heteroatoms. The molecule has 0 bridgehead atoms. The number of guanidine groups is 1. The maximum atomic E-state index is 4.16. The molecule has 0 aromatic rings. The average molecular weight is 237 g/mol. The monoisotopic (exact) mass is 237 g/mol. The van der Waals surface area contributed by atoms with Gasteiger partial charge in [-0.2, -0.15) is 0 Å². The van der Waals surface area contributed by atoms with E-state index >= 15 is 0 Å². The highest BCUT2D eigenvalue weighted by Gasteiger charge is 2.12. The number of hydrogen-bond donors (Lipinski definition) is 2. The van der Waals surface area contributed by atoms with Crippen molar-refractivity contribution in [3.63, 3.8) is 0 Å². The van der Waals surface area contributed by atoms with Gasteiger partial charge in [0.05, 0.1) is 0 Å². The van der Waals surface area contributed by atoms with Crippen molar-refractivity contribution in [1.29, 1.82) is 0 Å². The zero-order valence-corrected chi connectivity index (χ0v) is 11.2. The number of nitrogens with one attached hydrogen (secondary N) is 2. The highest BCUT2D eigenvalue weighted by Crippen LogP contribution is 2.26. The largest absolute Gasteiger partial charge is 0.356 e. The van der Waals surface area contributed by atoms with Crippen molar-refractivity contribution >= 4 is 5.96 Å². The van der Waals surface area contributed by atoms with Crippen LogP contribution >= 0.6 is 0 Å². The summed E-state index contributed by atoms with van der Waals surface area (Å²) in [6.45, 7) is 5.47. The van der Waals surface area contributed by atoms with Crippen LogP contribution in [0.5, 0.6) is 0 Å². The minimum Gasteiger partial charge on any atom is -0.356 e. The summed E-state index contributed by atoms with van der Waals surface area (Å²) in [7, 11) is 1.81. The Morgan fingerprint density at radius 3 is 2.71 bits per heavy atom. The Balaban J connectivity index is 2.03. The van der Waals surface area contributed by atoms with E-state index in [4.69, 9.17) is 0 Å². The highest BCUT2D eigenvalue weighted by molar-refractivity contribution is 5.79. The zero-order valence-electron chi connectivity index (χ0n) is 11.2. The van der Waals surface area contributed by atoms with Gasteiger partial charge in [0.2, 0.25) is 0 Å². The van der Waals surface area contributed by atoms with Gasteiger partial charge in [0.15, 0.2) is 5.96 Å². The Morgan fingerprint density at radius 1 is 1.29 bits per heavy atom. The fourth-order valence-corrected chi connectivity index (χ4v) is 2.46. The summed E-state index contributed by atoms with van der Waals surface area (Å²) in [4.78, 5) is 4.16. The van der Waals surface area contributed by atoms with Gasteiger partial charge >= 0.3 is 0 Å². The van der Waals surface area contributed by atoms with Crippen LogP contribution in [0.2, 0.25) is 0 Å². The van der Waals surface area contributed by atoms with E-state index in [0.29, 0.717) is 0 Å². The van der Waals surface area contributed by atoms with E-state index in [-0.39, 0.29) is 0 Å². The molecule has 2 N–H and O–H groups in total. The maximum absolute atomic E-state index is 4.16. The maximum Gasteiger partial charge on any atom is 0.191 e. The highest BCUT2D eigenvalue weighted by atomic mass is 15.2. The third-order valence-corrected chi connectivity index (χ3v) is 3.44. The van der Waals surface area contributed by atoms with E-state index in [1.165, 1.54) is 44.9 Å². The molecule has 0 aromatic heterocycles. The number of hydrogen-bond acceptors (Lipinski definition) is 1. The summed E-state index contributed by atoms with van der Waals surface area (Å²) < 4.78 is 0. The van der Waals surface area contributed by atoms with Crippen LogP contribution in [0, 0.1) is 5.92 Å². The fourth-order valence-electron chi connectivity index (χ4n) is 2.46. The zero-order chi connectivity index (χ0) is 12.3. The second-order valence-electron chi connectivity index (χ2n) is 4.81. The van der Waals surface area contributed by atoms with Gasteiger partial charge in [-0.1, -0.05) is 38.2 Å². The quantitative estimate of drug-likeness (QED) is 0.322. The van der Waals surface area contributed by atoms with Gasteiger partial charge in [-0.15, -0.1) is 6.58 Å². The lowest BCUT2D eigenvalue weighted by Gasteiger charge is -2.21. The first kappa shape index (κ1) is 14.1. The van der Waals surface area contributed by atoms with Crippen molar-refractivity contribution in [2.24, 2.45) is 10.9 Å². The lowest BCUT2D eigenvalue weighted by atomic mass is 9.86. The van der Waals surface area contributed by atoms with Crippen molar-refractivity contribution in [3.05, 3.63) is 12.7 Å². The average Bonchev–Trinajstić information content (AvgIpc) is 2.39. The molecular weight excluding hydrogens is 210 g/mol. The Kier molecular flexibility index (Phi) is 7.52. The third-order valence-electron chi connectivity index (χ3n) is 3.44. The number of aliphatic imine (C=N–C) groups is 1. The van der Waals surface area contributed by atoms with Crippen LogP contribution in [-0.4, -0.2) is 26.1 Å².